The van der Waals surface area contributed by atoms with Gasteiger partial charge in [-0.25, -0.2) is 13.6 Å². The Balaban J connectivity index is 2.00. The molecule has 1 aromatic carbocycles. The molecule has 178 valence electrons. The van der Waals surface area contributed by atoms with E-state index in [1.165, 1.54) is 13.2 Å². The number of rotatable bonds is 5. The highest BCUT2D eigenvalue weighted by molar-refractivity contribution is 7.89. The molecule has 3 atom stereocenters. The van der Waals surface area contributed by atoms with Crippen LogP contribution in [0.2, 0.25) is 0 Å². The Kier molecular flexibility index (Phi) is 7.15. The lowest BCUT2D eigenvalue weighted by molar-refractivity contribution is -0.137. The number of amidine groups is 1. The van der Waals surface area contributed by atoms with Gasteiger partial charge in [-0.3, -0.25) is 10.4 Å². The summed E-state index contributed by atoms with van der Waals surface area (Å²) < 4.78 is 68.4. The Morgan fingerprint density at radius 2 is 2.09 bits per heavy atom. The summed E-state index contributed by atoms with van der Waals surface area (Å²) in [5, 5.41) is 9.70. The Labute approximate surface area is 185 Å². The van der Waals surface area contributed by atoms with Crippen LogP contribution in [-0.4, -0.2) is 63.9 Å². The number of sulfonamides is 1. The van der Waals surface area contributed by atoms with Crippen LogP contribution in [0.15, 0.2) is 28.3 Å². The molecule has 2 heterocycles. The van der Waals surface area contributed by atoms with E-state index in [9.17, 15) is 21.6 Å². The van der Waals surface area contributed by atoms with E-state index in [0.29, 0.717) is 17.1 Å². The zero-order valence-electron chi connectivity index (χ0n) is 18.2. The molecule has 0 spiro atoms. The van der Waals surface area contributed by atoms with Gasteiger partial charge in [-0.1, -0.05) is 6.92 Å². The molecular weight excluding hydrogens is 447 g/mol. The summed E-state index contributed by atoms with van der Waals surface area (Å²) >= 11 is 0. The van der Waals surface area contributed by atoms with Crippen molar-refractivity contribution in [2.45, 2.75) is 32.0 Å². The lowest BCUT2D eigenvalue weighted by Gasteiger charge is -2.33. The van der Waals surface area contributed by atoms with Crippen molar-refractivity contribution in [3.63, 3.8) is 0 Å². The molecule has 3 rings (SSSR count). The van der Waals surface area contributed by atoms with Crippen molar-refractivity contribution in [2.24, 2.45) is 27.1 Å². The predicted molar refractivity (Wildman–Crippen MR) is 116 cm³/mol. The van der Waals surface area contributed by atoms with Gasteiger partial charge in [-0.05, 0) is 44.6 Å². The number of likely N-dealkylation sites (N-methyl/N-ethyl adjacent to an activating group) is 1. The number of nitrogens with one attached hydrogen (secondary N) is 1. The summed E-state index contributed by atoms with van der Waals surface area (Å²) in [6, 6.07) is 3.12. The normalized spacial score (nSPS) is 26.5. The van der Waals surface area contributed by atoms with Gasteiger partial charge < -0.3 is 9.64 Å². The number of ether oxygens (including phenoxy) is 1. The van der Waals surface area contributed by atoms with Crippen molar-refractivity contribution in [1.82, 2.24) is 10.3 Å². The van der Waals surface area contributed by atoms with Crippen LogP contribution in [0.1, 0.15) is 30.9 Å². The van der Waals surface area contributed by atoms with Crippen molar-refractivity contribution >= 4 is 21.6 Å². The minimum atomic E-state index is -4.52. The van der Waals surface area contributed by atoms with Crippen LogP contribution in [0.3, 0.4) is 0 Å². The number of aliphatic imine (C=N–C) groups is 1. The second-order valence-electron chi connectivity index (χ2n) is 8.32. The topological polar surface area (TPSA) is 109 Å². The molecule has 12 heteroatoms. The minimum Gasteiger partial charge on any atom is -0.496 e. The van der Waals surface area contributed by atoms with E-state index in [4.69, 9.17) is 14.9 Å². The molecule has 2 aliphatic rings. The number of hydrogen-bond donors (Lipinski definition) is 2. The SMILES string of the molecule is COc1cc(C(F)(F)F)ccc1C1=NNC(=N[C@@H]2CCCN(C)C2)C(CS(N)(=O)=O)C1C. The molecule has 8 nitrogen and oxygen atoms in total. The molecule has 0 aliphatic carbocycles. The first kappa shape index (κ1) is 24.5. The third-order valence-electron chi connectivity index (χ3n) is 5.81. The molecular formula is C20H28F3N5O3S. The minimum absolute atomic E-state index is 0.00382. The summed E-state index contributed by atoms with van der Waals surface area (Å²) in [5.41, 5.74) is 2.73. The number of hydrazone groups is 1. The molecule has 2 aliphatic heterocycles. The van der Waals surface area contributed by atoms with Crippen molar-refractivity contribution < 1.29 is 26.3 Å². The number of nitrogens with zero attached hydrogens (tertiary/aromatic N) is 3. The first-order valence-corrected chi connectivity index (χ1v) is 12.0. The van der Waals surface area contributed by atoms with Crippen LogP contribution >= 0.6 is 0 Å². The maximum Gasteiger partial charge on any atom is 0.416 e. The van der Waals surface area contributed by atoms with Crippen molar-refractivity contribution in [2.75, 3.05) is 33.0 Å². The smallest absolute Gasteiger partial charge is 0.416 e. The van der Waals surface area contributed by atoms with Crippen molar-refractivity contribution in [1.29, 1.82) is 0 Å². The molecule has 1 saturated heterocycles. The number of methoxy groups -OCH3 is 1. The fraction of sp³-hybridized carbons (Fsp3) is 0.600. The summed E-state index contributed by atoms with van der Waals surface area (Å²) in [4.78, 5) is 6.89. The van der Waals surface area contributed by atoms with Gasteiger partial charge in [0.15, 0.2) is 0 Å². The van der Waals surface area contributed by atoms with Gasteiger partial charge in [0.2, 0.25) is 10.0 Å². The third-order valence-corrected chi connectivity index (χ3v) is 6.64. The Morgan fingerprint density at radius 1 is 1.38 bits per heavy atom. The van der Waals surface area contributed by atoms with E-state index in [2.05, 4.69) is 15.4 Å². The van der Waals surface area contributed by atoms with E-state index < -0.39 is 33.6 Å². The second-order valence-corrected chi connectivity index (χ2v) is 9.98. The van der Waals surface area contributed by atoms with E-state index >= 15 is 0 Å². The molecule has 2 unspecified atom stereocenters. The molecule has 0 saturated carbocycles. The Hall–Kier alpha value is -2.18. The van der Waals surface area contributed by atoms with Gasteiger partial charge in [-0.2, -0.15) is 18.3 Å². The third kappa shape index (κ3) is 5.78. The number of alkyl halides is 3. The van der Waals surface area contributed by atoms with Crippen LogP contribution in [0.4, 0.5) is 13.2 Å². The van der Waals surface area contributed by atoms with E-state index in [1.807, 2.05) is 7.05 Å². The lowest BCUT2D eigenvalue weighted by Crippen LogP contribution is -2.47. The number of benzene rings is 1. The molecule has 0 bridgehead atoms. The molecule has 1 fully saturated rings. The van der Waals surface area contributed by atoms with Crippen LogP contribution in [0.25, 0.3) is 0 Å². The number of piperidine rings is 1. The maximum absolute atomic E-state index is 13.1. The quantitative estimate of drug-likeness (QED) is 0.678. The molecule has 0 amide bonds. The second kappa shape index (κ2) is 9.36. The van der Waals surface area contributed by atoms with Crippen LogP contribution in [0.5, 0.6) is 5.75 Å². The van der Waals surface area contributed by atoms with Gasteiger partial charge in [0.1, 0.15) is 11.6 Å². The van der Waals surface area contributed by atoms with E-state index in [-0.39, 0.29) is 17.5 Å². The summed E-state index contributed by atoms with van der Waals surface area (Å²) in [5.74, 6) is -1.07. The number of nitrogens with two attached hydrogens (primary N) is 1. The Morgan fingerprint density at radius 3 is 2.69 bits per heavy atom. The average molecular weight is 476 g/mol. The first-order chi connectivity index (χ1) is 14.9. The highest BCUT2D eigenvalue weighted by Crippen LogP contribution is 2.35. The summed E-state index contributed by atoms with van der Waals surface area (Å²) in [7, 11) is -0.584. The molecule has 1 aromatic rings. The summed E-state index contributed by atoms with van der Waals surface area (Å²) in [6.45, 7) is 3.47. The molecule has 0 aromatic heterocycles. The standard InChI is InChI=1S/C20H28F3N5O3S/c1-12-16(11-32(24,29)30)19(25-14-5-4-8-28(2)10-14)27-26-18(12)15-7-6-13(20(21,22)23)9-17(15)31-3/h6-7,9,12,14,16H,4-5,8,10-11H2,1-3H3,(H,25,27)(H2,24,29,30)/t12?,14-,16?/m1/s1. The van der Waals surface area contributed by atoms with Crippen LogP contribution in [0, 0.1) is 11.8 Å². The molecule has 32 heavy (non-hydrogen) atoms. The van der Waals surface area contributed by atoms with Crippen LogP contribution in [-0.2, 0) is 16.2 Å². The highest BCUT2D eigenvalue weighted by Gasteiger charge is 2.37. The summed E-state index contributed by atoms with van der Waals surface area (Å²) in [6.07, 6.45) is -2.67. The average Bonchev–Trinajstić information content (AvgIpc) is 2.69. The van der Waals surface area contributed by atoms with Gasteiger partial charge in [0.25, 0.3) is 0 Å². The van der Waals surface area contributed by atoms with Crippen LogP contribution < -0.4 is 15.3 Å². The van der Waals surface area contributed by atoms with Gasteiger partial charge >= 0.3 is 6.18 Å². The first-order valence-electron chi connectivity index (χ1n) is 10.2. The monoisotopic (exact) mass is 475 g/mol. The lowest BCUT2D eigenvalue weighted by atomic mass is 9.85. The zero-order valence-corrected chi connectivity index (χ0v) is 19.0. The van der Waals surface area contributed by atoms with Gasteiger partial charge in [0, 0.05) is 23.9 Å². The van der Waals surface area contributed by atoms with Gasteiger partial charge in [-0.15, -0.1) is 0 Å². The number of hydrogen-bond acceptors (Lipinski definition) is 6. The largest absolute Gasteiger partial charge is 0.496 e. The fourth-order valence-electron chi connectivity index (χ4n) is 4.15. The van der Waals surface area contributed by atoms with Gasteiger partial charge in [0.05, 0.1) is 30.2 Å². The van der Waals surface area contributed by atoms with Crippen molar-refractivity contribution in [3.8, 4) is 5.75 Å². The number of primary sulfonamides is 1. The molecule has 3 N–H and O–H groups in total. The zero-order chi connectivity index (χ0) is 23.7. The van der Waals surface area contributed by atoms with E-state index in [1.54, 1.807) is 6.92 Å². The fourth-order valence-corrected chi connectivity index (χ4v) is 5.10. The number of likely N-dealkylation sites (tertiary alicyclic amines) is 1. The number of halogens is 3. The highest BCUT2D eigenvalue weighted by atomic mass is 32.2. The van der Waals surface area contributed by atoms with Crippen molar-refractivity contribution in [3.05, 3.63) is 29.3 Å². The Bertz CT molecular complexity index is 1010. The molecule has 0 radical (unpaired) electrons. The predicted octanol–water partition coefficient (Wildman–Crippen LogP) is 2.05. The van der Waals surface area contributed by atoms with E-state index in [0.717, 1.165) is 38.1 Å². The maximum atomic E-state index is 13.1.